The first-order valence-electron chi connectivity index (χ1n) is 5.56. The quantitative estimate of drug-likeness (QED) is 0.670. The van der Waals surface area contributed by atoms with Crippen LogP contribution in [0.4, 0.5) is 10.1 Å². The number of rotatable bonds is 4. The molecule has 1 N–H and O–H groups in total. The molecule has 0 atom stereocenters. The van der Waals surface area contributed by atoms with E-state index >= 15 is 0 Å². The number of carbonyl (C=O) groups excluding carboxylic acids is 2. The van der Waals surface area contributed by atoms with Gasteiger partial charge in [-0.2, -0.15) is 0 Å². The van der Waals surface area contributed by atoms with E-state index in [0.717, 1.165) is 6.07 Å². The van der Waals surface area contributed by atoms with Crippen LogP contribution in [0, 0.1) is 11.2 Å². The van der Waals surface area contributed by atoms with Crippen LogP contribution in [0.2, 0.25) is 0 Å². The maximum Gasteiger partial charge on any atom is 0.320 e. The van der Waals surface area contributed by atoms with Gasteiger partial charge < -0.3 is 14.8 Å². The van der Waals surface area contributed by atoms with E-state index in [4.69, 9.17) is 4.74 Å². The molecule has 5 nitrogen and oxygen atoms in total. The summed E-state index contributed by atoms with van der Waals surface area (Å²) in [5, 5.41) is 2.45. The van der Waals surface area contributed by atoms with Crippen LogP contribution in [0.15, 0.2) is 18.2 Å². The van der Waals surface area contributed by atoms with Crippen molar-refractivity contribution in [1.82, 2.24) is 0 Å². The number of nitrogens with one attached hydrogen (secondary N) is 1. The number of ether oxygens (including phenoxy) is 2. The lowest BCUT2D eigenvalue weighted by molar-refractivity contribution is -0.154. The van der Waals surface area contributed by atoms with Gasteiger partial charge in [0.25, 0.3) is 0 Å². The normalized spacial score (nSPS) is 10.8. The minimum absolute atomic E-state index is 0.0743. The first-order valence-corrected chi connectivity index (χ1v) is 5.56. The molecule has 0 aliphatic rings. The van der Waals surface area contributed by atoms with Gasteiger partial charge in [0.05, 0.1) is 14.2 Å². The van der Waals surface area contributed by atoms with Gasteiger partial charge in [0, 0.05) is 11.8 Å². The van der Waals surface area contributed by atoms with Gasteiger partial charge >= 0.3 is 5.97 Å². The van der Waals surface area contributed by atoms with Crippen LogP contribution in [0.25, 0.3) is 0 Å². The summed E-state index contributed by atoms with van der Waals surface area (Å²) in [6.45, 7) is 2.85. The molecule has 1 amide bonds. The van der Waals surface area contributed by atoms with Crippen LogP contribution in [0.5, 0.6) is 5.75 Å². The predicted octanol–water partition coefficient (Wildman–Crippen LogP) is 1.97. The van der Waals surface area contributed by atoms with Gasteiger partial charge in [0.15, 0.2) is 11.6 Å². The molecule has 0 bridgehead atoms. The smallest absolute Gasteiger partial charge is 0.320 e. The monoisotopic (exact) mass is 269 g/mol. The van der Waals surface area contributed by atoms with Crippen molar-refractivity contribution in [3.8, 4) is 5.75 Å². The van der Waals surface area contributed by atoms with Gasteiger partial charge in [-0.25, -0.2) is 4.39 Å². The van der Waals surface area contributed by atoms with E-state index in [0.29, 0.717) is 0 Å². The Hall–Kier alpha value is -2.11. The first kappa shape index (κ1) is 14.9. The summed E-state index contributed by atoms with van der Waals surface area (Å²) in [5.74, 6) is -1.77. The van der Waals surface area contributed by atoms with E-state index in [1.165, 1.54) is 40.2 Å². The molecule has 0 aromatic heterocycles. The number of esters is 1. The Bertz CT molecular complexity index is 499. The fourth-order valence-corrected chi connectivity index (χ4v) is 1.38. The average Bonchev–Trinajstić information content (AvgIpc) is 2.37. The summed E-state index contributed by atoms with van der Waals surface area (Å²) < 4.78 is 22.8. The number of anilines is 1. The SMILES string of the molecule is COC(=O)C(C)(C)C(=O)Nc1ccc(OC)c(F)c1. The molecule has 6 heteroatoms. The highest BCUT2D eigenvalue weighted by Gasteiger charge is 2.37. The Morgan fingerprint density at radius 3 is 2.37 bits per heavy atom. The van der Waals surface area contributed by atoms with E-state index in [2.05, 4.69) is 10.1 Å². The van der Waals surface area contributed by atoms with Crippen molar-refractivity contribution in [2.75, 3.05) is 19.5 Å². The highest BCUT2D eigenvalue weighted by Crippen LogP contribution is 2.24. The van der Waals surface area contributed by atoms with Crippen LogP contribution in [-0.4, -0.2) is 26.1 Å². The molecule has 104 valence electrons. The number of carbonyl (C=O) groups is 2. The van der Waals surface area contributed by atoms with E-state index in [1.54, 1.807) is 0 Å². The van der Waals surface area contributed by atoms with Crippen molar-refractivity contribution in [3.63, 3.8) is 0 Å². The molecule has 0 spiro atoms. The molecule has 1 aromatic rings. The molecule has 0 fully saturated rings. The molecule has 1 aromatic carbocycles. The Morgan fingerprint density at radius 1 is 1.26 bits per heavy atom. The first-order chi connectivity index (χ1) is 8.82. The molecule has 0 heterocycles. The highest BCUT2D eigenvalue weighted by atomic mass is 19.1. The molecule has 0 radical (unpaired) electrons. The lowest BCUT2D eigenvalue weighted by Crippen LogP contribution is -2.38. The number of amides is 1. The summed E-state index contributed by atoms with van der Waals surface area (Å²) in [5.41, 5.74) is -1.12. The fourth-order valence-electron chi connectivity index (χ4n) is 1.38. The van der Waals surface area contributed by atoms with Crippen molar-refractivity contribution in [2.45, 2.75) is 13.8 Å². The van der Waals surface area contributed by atoms with E-state index in [1.807, 2.05) is 0 Å². The Morgan fingerprint density at radius 2 is 1.89 bits per heavy atom. The van der Waals surface area contributed by atoms with Crippen molar-refractivity contribution < 1.29 is 23.5 Å². The molecule has 19 heavy (non-hydrogen) atoms. The van der Waals surface area contributed by atoms with Crippen molar-refractivity contribution in [3.05, 3.63) is 24.0 Å². The molecule has 0 aliphatic carbocycles. The van der Waals surface area contributed by atoms with Gasteiger partial charge in [0.2, 0.25) is 5.91 Å². The minimum Gasteiger partial charge on any atom is -0.494 e. The van der Waals surface area contributed by atoms with E-state index < -0.39 is 23.1 Å². The van der Waals surface area contributed by atoms with Crippen molar-refractivity contribution in [2.24, 2.45) is 5.41 Å². The molecule has 0 saturated carbocycles. The van der Waals surface area contributed by atoms with Crippen LogP contribution < -0.4 is 10.1 Å². The standard InChI is InChI=1S/C13H16FNO4/c1-13(2,12(17)19-4)11(16)15-8-5-6-10(18-3)9(14)7-8/h5-7H,1-4H3,(H,15,16). The predicted molar refractivity (Wildman–Crippen MR) is 67.4 cm³/mol. The third kappa shape index (κ3) is 3.21. The van der Waals surface area contributed by atoms with Gasteiger partial charge in [-0.15, -0.1) is 0 Å². The molecule has 0 saturated heterocycles. The minimum atomic E-state index is -1.36. The number of halogens is 1. The lowest BCUT2D eigenvalue weighted by Gasteiger charge is -2.20. The van der Waals surface area contributed by atoms with E-state index in [-0.39, 0.29) is 11.4 Å². The molecule has 0 unspecified atom stereocenters. The summed E-state index contributed by atoms with van der Waals surface area (Å²) >= 11 is 0. The van der Waals surface area contributed by atoms with Crippen LogP contribution in [0.3, 0.4) is 0 Å². The largest absolute Gasteiger partial charge is 0.494 e. The molecule has 1 rings (SSSR count). The Balaban J connectivity index is 2.88. The zero-order chi connectivity index (χ0) is 14.6. The van der Waals surface area contributed by atoms with Gasteiger partial charge in [-0.05, 0) is 26.0 Å². The van der Waals surface area contributed by atoms with Crippen LogP contribution in [0.1, 0.15) is 13.8 Å². The third-order valence-corrected chi connectivity index (χ3v) is 2.67. The average molecular weight is 269 g/mol. The number of benzene rings is 1. The number of hydrogen-bond donors (Lipinski definition) is 1. The zero-order valence-corrected chi connectivity index (χ0v) is 11.2. The second kappa shape index (κ2) is 5.69. The van der Waals surface area contributed by atoms with Crippen molar-refractivity contribution in [1.29, 1.82) is 0 Å². The summed E-state index contributed by atoms with van der Waals surface area (Å²) in [6, 6.07) is 3.98. The van der Waals surface area contributed by atoms with Crippen LogP contribution >= 0.6 is 0 Å². The maximum atomic E-state index is 13.5. The van der Waals surface area contributed by atoms with Gasteiger partial charge in [-0.1, -0.05) is 0 Å². The second-order valence-corrected chi connectivity index (χ2v) is 4.42. The Kier molecular flexibility index (Phi) is 4.47. The molecule has 0 aliphatic heterocycles. The fraction of sp³-hybridized carbons (Fsp3) is 0.385. The lowest BCUT2D eigenvalue weighted by atomic mass is 9.92. The Labute approximate surface area is 110 Å². The summed E-state index contributed by atoms with van der Waals surface area (Å²) in [4.78, 5) is 23.4. The van der Waals surface area contributed by atoms with Gasteiger partial charge in [0.1, 0.15) is 5.41 Å². The molecular formula is C13H16FNO4. The summed E-state index contributed by atoms with van der Waals surface area (Å²) in [6.07, 6.45) is 0. The second-order valence-electron chi connectivity index (χ2n) is 4.42. The zero-order valence-electron chi connectivity index (χ0n) is 11.2. The maximum absolute atomic E-state index is 13.5. The van der Waals surface area contributed by atoms with Crippen molar-refractivity contribution >= 4 is 17.6 Å². The third-order valence-electron chi connectivity index (χ3n) is 2.67. The number of hydrogen-bond acceptors (Lipinski definition) is 4. The van der Waals surface area contributed by atoms with Crippen LogP contribution in [-0.2, 0) is 14.3 Å². The molecular weight excluding hydrogens is 253 g/mol. The topological polar surface area (TPSA) is 64.6 Å². The van der Waals surface area contributed by atoms with Gasteiger partial charge in [-0.3, -0.25) is 9.59 Å². The number of methoxy groups -OCH3 is 2. The highest BCUT2D eigenvalue weighted by molar-refractivity contribution is 6.08. The van der Waals surface area contributed by atoms with E-state index in [9.17, 15) is 14.0 Å². The summed E-state index contributed by atoms with van der Waals surface area (Å²) in [7, 11) is 2.54.